The topological polar surface area (TPSA) is 193 Å². The summed E-state index contributed by atoms with van der Waals surface area (Å²) in [6.45, 7) is 2.29. The van der Waals surface area contributed by atoms with Crippen molar-refractivity contribution in [2.45, 2.75) is 101 Å². The number of imidazole rings is 2. The second kappa shape index (κ2) is 20.4. The number of carbonyl (C=O) groups excluding carboxylic acids is 4. The number of nitrogens with zero attached hydrogens (tertiary/aromatic N) is 4. The van der Waals surface area contributed by atoms with E-state index < -0.39 is 12.1 Å². The van der Waals surface area contributed by atoms with Crippen LogP contribution in [0.1, 0.15) is 127 Å². The van der Waals surface area contributed by atoms with E-state index in [2.05, 4.69) is 44.9 Å². The lowest BCUT2D eigenvalue weighted by Crippen LogP contribution is -2.43. The Morgan fingerprint density at radius 3 is 1.58 bits per heavy atom. The molecule has 11 rings (SSSR count). The van der Waals surface area contributed by atoms with Crippen LogP contribution in [0.3, 0.4) is 0 Å². The van der Waals surface area contributed by atoms with Gasteiger partial charge in [0.1, 0.15) is 48.4 Å². The van der Waals surface area contributed by atoms with Crippen LogP contribution in [0.5, 0.6) is 11.5 Å². The number of hydrogen-bond donors (Lipinski definition) is 4. The number of benzene rings is 4. The molecule has 5 aliphatic rings. The van der Waals surface area contributed by atoms with Gasteiger partial charge in [-0.25, -0.2) is 9.97 Å². The Kier molecular flexibility index (Phi) is 13.4. The Hall–Kier alpha value is -7.30. The lowest BCUT2D eigenvalue weighted by Gasteiger charge is -2.30. The van der Waals surface area contributed by atoms with E-state index in [9.17, 15) is 19.2 Å². The van der Waals surface area contributed by atoms with Gasteiger partial charge in [0.15, 0.2) is 0 Å². The fourth-order valence-electron chi connectivity index (χ4n) is 11.0. The molecule has 1 aliphatic carbocycles. The number of aromatic amines is 2. The van der Waals surface area contributed by atoms with Crippen LogP contribution >= 0.6 is 0 Å². The zero-order chi connectivity index (χ0) is 49.3. The molecular formula is C56H60N8O8. The molecule has 1 saturated carbocycles. The number of amides is 4. The summed E-state index contributed by atoms with van der Waals surface area (Å²) < 4.78 is 23.3. The van der Waals surface area contributed by atoms with Crippen molar-refractivity contribution in [2.75, 3.05) is 40.5 Å². The molecule has 2 saturated heterocycles. The van der Waals surface area contributed by atoms with Gasteiger partial charge >= 0.3 is 0 Å². The summed E-state index contributed by atoms with van der Waals surface area (Å²) in [4.78, 5) is 75.2. The molecule has 372 valence electrons. The molecule has 4 atom stereocenters. The lowest BCUT2D eigenvalue weighted by molar-refractivity contribution is -0.138. The SMILES string of the molecule is COCCC(=O)N[C@@H](C(=O)N1CCC[C@H]1c1ncc(-c2cc3c4c(c2)OCc2cc(-c5cnc([C@@H]6CCCN6C(=O)[C@H](NC(=O)CCOC)c6ccc(C7CCC7)cc6)[nH]5)cc(c2-4)OC3)[nH]1)c1ccccc1. The van der Waals surface area contributed by atoms with E-state index in [1.54, 1.807) is 20.4 Å². The van der Waals surface area contributed by atoms with Crippen molar-refractivity contribution in [1.29, 1.82) is 0 Å². The number of nitrogens with one attached hydrogen (secondary N) is 4. The molecule has 16 heteroatoms. The molecule has 4 amide bonds. The number of aromatic nitrogens is 4. The van der Waals surface area contributed by atoms with Gasteiger partial charge in [0.25, 0.3) is 0 Å². The van der Waals surface area contributed by atoms with Crippen LogP contribution in [0.4, 0.5) is 0 Å². The van der Waals surface area contributed by atoms with Crippen LogP contribution in [-0.4, -0.2) is 93.9 Å². The summed E-state index contributed by atoms with van der Waals surface area (Å²) in [7, 11) is 3.10. The molecule has 6 heterocycles. The van der Waals surface area contributed by atoms with Gasteiger partial charge < -0.3 is 49.3 Å². The molecule has 6 aromatic rings. The van der Waals surface area contributed by atoms with E-state index in [4.69, 9.17) is 28.9 Å². The van der Waals surface area contributed by atoms with Gasteiger partial charge in [0, 0.05) is 73.5 Å². The number of methoxy groups -OCH3 is 2. The average molecular weight is 973 g/mol. The number of carbonyl (C=O) groups is 4. The second-order valence-electron chi connectivity index (χ2n) is 19.5. The van der Waals surface area contributed by atoms with Crippen molar-refractivity contribution in [3.8, 4) is 45.1 Å². The number of likely N-dealkylation sites (tertiary alicyclic amines) is 2. The van der Waals surface area contributed by atoms with Crippen molar-refractivity contribution in [3.63, 3.8) is 0 Å². The maximum Gasteiger partial charge on any atom is 0.250 e. The molecule has 3 fully saturated rings. The Bertz CT molecular complexity index is 2930. The quantitative estimate of drug-likeness (QED) is 0.0691. The largest absolute Gasteiger partial charge is 0.488 e. The van der Waals surface area contributed by atoms with E-state index >= 15 is 0 Å². The monoisotopic (exact) mass is 972 g/mol. The first-order chi connectivity index (χ1) is 35.2. The Morgan fingerprint density at radius 1 is 0.639 bits per heavy atom. The second-order valence-corrected chi connectivity index (χ2v) is 19.5. The minimum absolute atomic E-state index is 0.152. The fraction of sp³-hybridized carbons (Fsp3) is 0.393. The van der Waals surface area contributed by atoms with Crippen molar-refractivity contribution in [1.82, 2.24) is 40.4 Å². The molecule has 0 spiro atoms. The normalized spacial score (nSPS) is 18.6. The van der Waals surface area contributed by atoms with Crippen LogP contribution in [0, 0.1) is 0 Å². The first-order valence-electron chi connectivity index (χ1n) is 25.3. The standard InChI is InChI=1S/C56H60N8O8/c1-69-23-19-47(65)61-51(35-9-4-3-5-10-35)55(67)63-21-7-13-43(63)53-57-29-41(59-53)37-25-39-31-72-46-28-38(26-40-32-71-45(27-37)49(39)50(40)46)42-30-58-54(60-42)44-14-8-22-64(44)56(68)52(62-48(66)20-24-70-2)36-17-15-34(16-18-36)33-11-6-12-33/h3-5,9-10,15-18,25-30,33,43-44,51-52H,6-8,11-14,19-24,31-32H2,1-2H3,(H,57,59)(H,58,60)(H,61,65)(H,62,66)/t43-,44-,51+,52+/m0/s1. The molecular weight excluding hydrogens is 913 g/mol. The third-order valence-electron chi connectivity index (χ3n) is 15.1. The van der Waals surface area contributed by atoms with E-state index in [1.807, 2.05) is 70.6 Å². The van der Waals surface area contributed by atoms with Gasteiger partial charge in [-0.2, -0.15) is 0 Å². The molecule has 0 radical (unpaired) electrons. The first kappa shape index (κ1) is 47.0. The van der Waals surface area contributed by atoms with Crippen LogP contribution in [-0.2, 0) is 41.9 Å². The van der Waals surface area contributed by atoms with Crippen molar-refractivity contribution >= 4 is 23.6 Å². The molecule has 0 unspecified atom stereocenters. The van der Waals surface area contributed by atoms with Crippen LogP contribution in [0.2, 0.25) is 0 Å². The van der Waals surface area contributed by atoms with Gasteiger partial charge in [-0.05, 0) is 85.4 Å². The minimum Gasteiger partial charge on any atom is -0.488 e. The van der Waals surface area contributed by atoms with Gasteiger partial charge in [0.05, 0.1) is 49.1 Å². The van der Waals surface area contributed by atoms with Crippen molar-refractivity contribution < 1.29 is 38.1 Å². The van der Waals surface area contributed by atoms with Crippen molar-refractivity contribution in [3.05, 3.63) is 131 Å². The van der Waals surface area contributed by atoms with Gasteiger partial charge in [-0.3, -0.25) is 19.2 Å². The Labute approximate surface area is 418 Å². The summed E-state index contributed by atoms with van der Waals surface area (Å²) in [5.74, 6) is 2.62. The summed E-state index contributed by atoms with van der Waals surface area (Å²) in [6.07, 6.45) is 10.6. The van der Waals surface area contributed by atoms with Crippen LogP contribution < -0.4 is 20.1 Å². The maximum absolute atomic E-state index is 14.5. The zero-order valence-corrected chi connectivity index (χ0v) is 40.7. The van der Waals surface area contributed by atoms with E-state index in [0.717, 1.165) is 93.1 Å². The highest BCUT2D eigenvalue weighted by Crippen LogP contribution is 2.51. The third-order valence-corrected chi connectivity index (χ3v) is 15.1. The number of ether oxygens (including phenoxy) is 4. The van der Waals surface area contributed by atoms with Gasteiger partial charge in [0.2, 0.25) is 23.6 Å². The van der Waals surface area contributed by atoms with E-state index in [1.165, 1.54) is 24.8 Å². The molecule has 16 nitrogen and oxygen atoms in total. The predicted octanol–water partition coefficient (Wildman–Crippen LogP) is 8.30. The zero-order valence-electron chi connectivity index (χ0n) is 40.7. The Morgan fingerprint density at radius 2 is 1.12 bits per heavy atom. The molecule has 0 bridgehead atoms. The summed E-state index contributed by atoms with van der Waals surface area (Å²) in [6, 6.07) is 23.6. The lowest BCUT2D eigenvalue weighted by atomic mass is 9.80. The third kappa shape index (κ3) is 9.24. The number of hydrogen-bond acceptors (Lipinski definition) is 10. The fourth-order valence-corrected chi connectivity index (χ4v) is 11.0. The van der Waals surface area contributed by atoms with Crippen LogP contribution in [0.25, 0.3) is 33.6 Å². The molecule has 4 aromatic carbocycles. The summed E-state index contributed by atoms with van der Waals surface area (Å²) in [5.41, 5.74) is 10.1. The molecule has 4 N–H and O–H groups in total. The highest BCUT2D eigenvalue weighted by atomic mass is 16.5. The highest BCUT2D eigenvalue weighted by Gasteiger charge is 2.39. The Balaban J connectivity index is 0.806. The summed E-state index contributed by atoms with van der Waals surface area (Å²) in [5, 5.41) is 5.98. The number of H-pyrrole nitrogens is 2. The number of rotatable bonds is 17. The molecule has 72 heavy (non-hydrogen) atoms. The van der Waals surface area contributed by atoms with Crippen LogP contribution in [0.15, 0.2) is 91.3 Å². The minimum atomic E-state index is -0.838. The summed E-state index contributed by atoms with van der Waals surface area (Å²) >= 11 is 0. The molecule has 4 aliphatic heterocycles. The smallest absolute Gasteiger partial charge is 0.250 e. The molecule has 2 aromatic heterocycles. The van der Waals surface area contributed by atoms with Crippen molar-refractivity contribution in [2.24, 2.45) is 0 Å². The average Bonchev–Trinajstić information content (AvgIpc) is 4.25. The van der Waals surface area contributed by atoms with E-state index in [0.29, 0.717) is 43.9 Å². The van der Waals surface area contributed by atoms with E-state index in [-0.39, 0.29) is 61.8 Å². The first-order valence-corrected chi connectivity index (χ1v) is 25.3. The van der Waals surface area contributed by atoms with Gasteiger partial charge in [-0.1, -0.05) is 61.0 Å². The highest BCUT2D eigenvalue weighted by molar-refractivity contribution is 5.91. The maximum atomic E-state index is 14.5. The van der Waals surface area contributed by atoms with Gasteiger partial charge in [-0.15, -0.1) is 0 Å². The predicted molar refractivity (Wildman–Crippen MR) is 267 cm³/mol.